The molecule has 3 nitrogen and oxygen atoms in total. The lowest BCUT2D eigenvalue weighted by molar-refractivity contribution is 0.306. The van der Waals surface area contributed by atoms with E-state index in [9.17, 15) is 0 Å². The van der Waals surface area contributed by atoms with Gasteiger partial charge in [0.2, 0.25) is 0 Å². The summed E-state index contributed by atoms with van der Waals surface area (Å²) in [5.41, 5.74) is 7.00. The molecule has 4 aromatic rings. The largest absolute Gasteiger partial charge is 0.489 e. The van der Waals surface area contributed by atoms with Gasteiger partial charge in [-0.1, -0.05) is 51.1 Å². The summed E-state index contributed by atoms with van der Waals surface area (Å²) in [6.45, 7) is 9.33. The summed E-state index contributed by atoms with van der Waals surface area (Å²) >= 11 is 0. The maximum Gasteiger partial charge on any atom is 0.138 e. The molecule has 0 spiro atoms. The van der Waals surface area contributed by atoms with Crippen LogP contribution >= 0.6 is 0 Å². The van der Waals surface area contributed by atoms with E-state index in [-0.39, 0.29) is 5.41 Å². The fraction of sp³-hybridized carbons (Fsp3) is 0.240. The number of nitrogens with one attached hydrogen (secondary N) is 1. The Kier molecular flexibility index (Phi) is 4.68. The van der Waals surface area contributed by atoms with Crippen LogP contribution in [0.15, 0.2) is 66.7 Å². The van der Waals surface area contributed by atoms with Crippen molar-refractivity contribution < 1.29 is 4.74 Å². The predicted molar refractivity (Wildman–Crippen MR) is 116 cm³/mol. The van der Waals surface area contributed by atoms with Crippen molar-refractivity contribution in [1.82, 2.24) is 9.97 Å². The predicted octanol–water partition coefficient (Wildman–Crippen LogP) is 6.41. The molecular weight excluding hydrogens is 344 g/mol. The van der Waals surface area contributed by atoms with Crippen molar-refractivity contribution in [3.05, 3.63) is 83.4 Å². The highest BCUT2D eigenvalue weighted by Gasteiger charge is 2.12. The standard InChI is InChI=1S/C25H26N2O/c1-17-5-14-22-23(15-17)27-24(26-22)19-8-12-21(13-9-19)28-16-18-6-10-20(11-7-18)25(2,3)4/h5-15H,16H2,1-4H3,(H,26,27). The fourth-order valence-corrected chi connectivity index (χ4v) is 3.24. The molecule has 1 N–H and O–H groups in total. The van der Waals surface area contributed by atoms with Crippen LogP contribution in [0.5, 0.6) is 5.75 Å². The van der Waals surface area contributed by atoms with Gasteiger partial charge in [-0.15, -0.1) is 0 Å². The van der Waals surface area contributed by atoms with Gasteiger partial charge in [-0.25, -0.2) is 4.98 Å². The van der Waals surface area contributed by atoms with E-state index in [0.29, 0.717) is 6.61 Å². The van der Waals surface area contributed by atoms with Gasteiger partial charge in [0.15, 0.2) is 0 Å². The number of fused-ring (bicyclic) bond motifs is 1. The molecule has 0 aliphatic heterocycles. The molecule has 0 saturated heterocycles. The Hall–Kier alpha value is -3.07. The minimum absolute atomic E-state index is 0.171. The molecule has 4 rings (SSSR count). The van der Waals surface area contributed by atoms with E-state index in [0.717, 1.165) is 28.2 Å². The molecule has 0 aliphatic rings. The first-order chi connectivity index (χ1) is 13.4. The highest BCUT2D eigenvalue weighted by molar-refractivity contribution is 5.80. The Morgan fingerprint density at radius 1 is 0.893 bits per heavy atom. The second kappa shape index (κ2) is 7.16. The number of hydrogen-bond acceptors (Lipinski definition) is 2. The molecule has 1 aromatic heterocycles. The van der Waals surface area contributed by atoms with E-state index >= 15 is 0 Å². The quantitative estimate of drug-likeness (QED) is 0.450. The molecule has 3 aromatic carbocycles. The summed E-state index contributed by atoms with van der Waals surface area (Å²) in [5.74, 6) is 1.74. The molecule has 3 heteroatoms. The molecule has 28 heavy (non-hydrogen) atoms. The third-order valence-corrected chi connectivity index (χ3v) is 4.99. The van der Waals surface area contributed by atoms with Crippen molar-refractivity contribution in [2.24, 2.45) is 0 Å². The SMILES string of the molecule is Cc1ccc2nc(-c3ccc(OCc4ccc(C(C)(C)C)cc4)cc3)[nH]c2c1. The van der Waals surface area contributed by atoms with Gasteiger partial charge in [-0.05, 0) is 65.4 Å². The number of imidazole rings is 1. The normalized spacial score (nSPS) is 11.7. The zero-order valence-corrected chi connectivity index (χ0v) is 16.9. The van der Waals surface area contributed by atoms with E-state index in [4.69, 9.17) is 4.74 Å². The van der Waals surface area contributed by atoms with Crippen molar-refractivity contribution in [2.45, 2.75) is 39.7 Å². The Labute approximate surface area is 166 Å². The molecule has 142 valence electrons. The van der Waals surface area contributed by atoms with E-state index in [2.05, 4.69) is 74.1 Å². The summed E-state index contributed by atoms with van der Waals surface area (Å²) < 4.78 is 5.95. The minimum Gasteiger partial charge on any atom is -0.489 e. The van der Waals surface area contributed by atoms with Crippen LogP contribution < -0.4 is 4.74 Å². The molecule has 0 saturated carbocycles. The number of aromatic nitrogens is 2. The number of rotatable bonds is 4. The van der Waals surface area contributed by atoms with Gasteiger partial charge in [0.1, 0.15) is 18.2 Å². The third-order valence-electron chi connectivity index (χ3n) is 4.99. The summed E-state index contributed by atoms with van der Waals surface area (Å²) in [4.78, 5) is 8.07. The van der Waals surface area contributed by atoms with Gasteiger partial charge >= 0.3 is 0 Å². The molecule has 0 aliphatic carbocycles. The van der Waals surface area contributed by atoms with E-state index in [1.807, 2.05) is 30.3 Å². The summed E-state index contributed by atoms with van der Waals surface area (Å²) in [7, 11) is 0. The second-order valence-electron chi connectivity index (χ2n) is 8.37. The molecule has 0 atom stereocenters. The van der Waals surface area contributed by atoms with Gasteiger partial charge in [0.05, 0.1) is 11.0 Å². The topological polar surface area (TPSA) is 37.9 Å². The van der Waals surface area contributed by atoms with Gasteiger partial charge in [0, 0.05) is 5.56 Å². The molecule has 0 unspecified atom stereocenters. The maximum absolute atomic E-state index is 5.95. The average Bonchev–Trinajstić information content (AvgIpc) is 3.09. The third kappa shape index (κ3) is 3.94. The first-order valence-electron chi connectivity index (χ1n) is 9.67. The van der Waals surface area contributed by atoms with Crippen LogP contribution in [0, 0.1) is 6.92 Å². The van der Waals surface area contributed by atoms with Crippen molar-refractivity contribution >= 4 is 11.0 Å². The van der Waals surface area contributed by atoms with E-state index < -0.39 is 0 Å². The van der Waals surface area contributed by atoms with Crippen LogP contribution in [0.4, 0.5) is 0 Å². The molecule has 0 radical (unpaired) electrons. The van der Waals surface area contributed by atoms with E-state index in [1.165, 1.54) is 16.7 Å². The lowest BCUT2D eigenvalue weighted by Crippen LogP contribution is -2.10. The Bertz CT molecular complexity index is 1080. The monoisotopic (exact) mass is 370 g/mol. The number of benzene rings is 3. The molecular formula is C25H26N2O. The van der Waals surface area contributed by atoms with Gasteiger partial charge in [0.25, 0.3) is 0 Å². The van der Waals surface area contributed by atoms with Crippen LogP contribution in [0.1, 0.15) is 37.5 Å². The molecule has 0 fully saturated rings. The Balaban J connectivity index is 1.44. The zero-order valence-electron chi connectivity index (χ0n) is 16.9. The van der Waals surface area contributed by atoms with Crippen LogP contribution in [0.2, 0.25) is 0 Å². The molecule has 0 amide bonds. The molecule has 0 bridgehead atoms. The smallest absolute Gasteiger partial charge is 0.138 e. The van der Waals surface area contributed by atoms with Gasteiger partial charge in [-0.3, -0.25) is 0 Å². The van der Waals surface area contributed by atoms with Crippen LogP contribution in [-0.4, -0.2) is 9.97 Å². The zero-order chi connectivity index (χ0) is 19.7. The number of aromatic amines is 1. The van der Waals surface area contributed by atoms with Gasteiger partial charge < -0.3 is 9.72 Å². The number of nitrogens with zero attached hydrogens (tertiary/aromatic N) is 1. The summed E-state index contributed by atoms with van der Waals surface area (Å²) in [6.07, 6.45) is 0. The average molecular weight is 370 g/mol. The number of H-pyrrole nitrogens is 1. The number of aryl methyl sites for hydroxylation is 1. The summed E-state index contributed by atoms with van der Waals surface area (Å²) in [6, 6.07) is 23.0. The number of hydrogen-bond donors (Lipinski definition) is 1. The summed E-state index contributed by atoms with van der Waals surface area (Å²) in [5, 5.41) is 0. The van der Waals surface area contributed by atoms with Gasteiger partial charge in [-0.2, -0.15) is 0 Å². The second-order valence-corrected chi connectivity index (χ2v) is 8.37. The first-order valence-corrected chi connectivity index (χ1v) is 9.67. The van der Waals surface area contributed by atoms with Crippen molar-refractivity contribution in [2.75, 3.05) is 0 Å². The highest BCUT2D eigenvalue weighted by atomic mass is 16.5. The van der Waals surface area contributed by atoms with Crippen molar-refractivity contribution in [1.29, 1.82) is 0 Å². The lowest BCUT2D eigenvalue weighted by atomic mass is 9.87. The first kappa shape index (κ1) is 18.3. The van der Waals surface area contributed by atoms with Crippen molar-refractivity contribution in [3.8, 4) is 17.1 Å². The molecule has 1 heterocycles. The number of ether oxygens (including phenoxy) is 1. The Morgan fingerprint density at radius 3 is 2.29 bits per heavy atom. The van der Waals surface area contributed by atoms with Crippen LogP contribution in [0.25, 0.3) is 22.4 Å². The fourth-order valence-electron chi connectivity index (χ4n) is 3.24. The maximum atomic E-state index is 5.95. The van der Waals surface area contributed by atoms with Crippen LogP contribution in [0.3, 0.4) is 0 Å². The van der Waals surface area contributed by atoms with Crippen LogP contribution in [-0.2, 0) is 12.0 Å². The van der Waals surface area contributed by atoms with Crippen molar-refractivity contribution in [3.63, 3.8) is 0 Å². The Morgan fingerprint density at radius 2 is 1.61 bits per heavy atom. The minimum atomic E-state index is 0.171. The lowest BCUT2D eigenvalue weighted by Gasteiger charge is -2.19. The van der Waals surface area contributed by atoms with E-state index in [1.54, 1.807) is 0 Å². The highest BCUT2D eigenvalue weighted by Crippen LogP contribution is 2.25.